The molecule has 0 aliphatic rings. The lowest BCUT2D eigenvalue weighted by Crippen LogP contribution is -2.27. The van der Waals surface area contributed by atoms with Crippen LogP contribution in [0.1, 0.15) is 11.3 Å². The summed E-state index contributed by atoms with van der Waals surface area (Å²) in [6.07, 6.45) is 0.159. The van der Waals surface area contributed by atoms with Gasteiger partial charge in [0.2, 0.25) is 15.9 Å². The predicted octanol–water partition coefficient (Wildman–Crippen LogP) is 2.98. The molecule has 0 aliphatic carbocycles. The molecular formula is C20H21N3O4S2. The maximum absolute atomic E-state index is 12.6. The molecular weight excluding hydrogens is 410 g/mol. The van der Waals surface area contributed by atoms with E-state index in [1.54, 1.807) is 21.1 Å². The van der Waals surface area contributed by atoms with Crippen LogP contribution in [0.4, 0.5) is 5.13 Å². The highest BCUT2D eigenvalue weighted by molar-refractivity contribution is 7.91. The number of sulfonamides is 1. The van der Waals surface area contributed by atoms with Gasteiger partial charge in [-0.15, -0.1) is 0 Å². The fraction of sp³-hybridized carbons (Fsp3) is 0.200. The number of carbonyl (C=O) groups excluding carboxylic acids is 1. The number of amides is 1. The van der Waals surface area contributed by atoms with E-state index in [1.165, 1.54) is 4.90 Å². The van der Waals surface area contributed by atoms with E-state index < -0.39 is 10.0 Å². The number of anilines is 1. The van der Waals surface area contributed by atoms with Crippen molar-refractivity contribution in [1.29, 1.82) is 0 Å². The molecule has 0 unspecified atom stereocenters. The number of nitrogens with zero attached hydrogens (tertiary/aromatic N) is 2. The Kier molecular flexibility index (Phi) is 6.02. The van der Waals surface area contributed by atoms with Gasteiger partial charge < -0.3 is 4.74 Å². The Hall–Kier alpha value is -2.75. The number of thiazole rings is 1. The van der Waals surface area contributed by atoms with Crippen LogP contribution in [0.15, 0.2) is 52.7 Å². The minimum absolute atomic E-state index is 0.0340. The standard InChI is InChI=1S/C20H21N3O4S2/c1-13-19(29(21,25)26)28-20(22-13)23(2)18(24)12-14-8-10-15(11-9-14)16-6-4-5-7-17(16)27-3/h4-11H,12H2,1-3H3,(H2,21,25,26). The lowest BCUT2D eigenvalue weighted by molar-refractivity contribution is -0.117. The van der Waals surface area contributed by atoms with Gasteiger partial charge >= 0.3 is 0 Å². The first kappa shape index (κ1) is 21.0. The van der Waals surface area contributed by atoms with Crippen molar-refractivity contribution < 1.29 is 17.9 Å². The van der Waals surface area contributed by atoms with Gasteiger partial charge in [-0.3, -0.25) is 9.69 Å². The summed E-state index contributed by atoms with van der Waals surface area (Å²) in [5.41, 5.74) is 3.08. The number of rotatable bonds is 6. The fourth-order valence-electron chi connectivity index (χ4n) is 2.86. The van der Waals surface area contributed by atoms with E-state index in [1.807, 2.05) is 48.5 Å². The molecule has 0 atom stereocenters. The Morgan fingerprint density at radius 1 is 1.17 bits per heavy atom. The van der Waals surface area contributed by atoms with Crippen molar-refractivity contribution in [3.63, 3.8) is 0 Å². The smallest absolute Gasteiger partial charge is 0.249 e. The van der Waals surface area contributed by atoms with Gasteiger partial charge in [-0.2, -0.15) is 0 Å². The van der Waals surface area contributed by atoms with Crippen LogP contribution in [-0.2, 0) is 21.2 Å². The normalized spacial score (nSPS) is 11.3. The second-order valence-corrected chi connectivity index (χ2v) is 9.18. The number of likely N-dealkylation sites (N-methyl/N-ethyl adjacent to an activating group) is 1. The number of methoxy groups -OCH3 is 1. The number of carbonyl (C=O) groups is 1. The number of ether oxygens (including phenoxy) is 1. The lowest BCUT2D eigenvalue weighted by Gasteiger charge is -2.14. The highest BCUT2D eigenvalue weighted by Gasteiger charge is 2.22. The van der Waals surface area contributed by atoms with Gasteiger partial charge in [0.15, 0.2) is 9.34 Å². The van der Waals surface area contributed by atoms with Gasteiger partial charge in [-0.05, 0) is 24.1 Å². The third kappa shape index (κ3) is 4.64. The summed E-state index contributed by atoms with van der Waals surface area (Å²) in [5.74, 6) is 0.575. The molecule has 3 rings (SSSR count). The van der Waals surface area contributed by atoms with Crippen LogP contribution in [0, 0.1) is 6.92 Å². The molecule has 0 fully saturated rings. The molecule has 0 saturated heterocycles. The molecule has 1 aromatic heterocycles. The van der Waals surface area contributed by atoms with Crippen molar-refractivity contribution in [2.45, 2.75) is 17.6 Å². The summed E-state index contributed by atoms with van der Waals surface area (Å²) >= 11 is 0.884. The highest BCUT2D eigenvalue weighted by Crippen LogP contribution is 2.30. The van der Waals surface area contributed by atoms with Gasteiger partial charge in [-0.25, -0.2) is 18.5 Å². The number of primary sulfonamides is 1. The highest BCUT2D eigenvalue weighted by atomic mass is 32.2. The molecule has 2 N–H and O–H groups in total. The number of aromatic nitrogens is 1. The van der Waals surface area contributed by atoms with Crippen LogP contribution in [-0.4, -0.2) is 33.5 Å². The molecule has 0 aliphatic heterocycles. The van der Waals surface area contributed by atoms with Crippen molar-refractivity contribution >= 4 is 32.4 Å². The Bertz CT molecular complexity index is 1140. The average molecular weight is 432 g/mol. The van der Waals surface area contributed by atoms with E-state index in [9.17, 15) is 13.2 Å². The number of hydrogen-bond donors (Lipinski definition) is 1. The molecule has 152 valence electrons. The van der Waals surface area contributed by atoms with Crippen molar-refractivity contribution in [3.8, 4) is 16.9 Å². The van der Waals surface area contributed by atoms with Gasteiger partial charge in [0.25, 0.3) is 0 Å². The molecule has 7 nitrogen and oxygen atoms in total. The van der Waals surface area contributed by atoms with Gasteiger partial charge in [0.1, 0.15) is 5.75 Å². The first-order valence-electron chi connectivity index (χ1n) is 8.70. The largest absolute Gasteiger partial charge is 0.496 e. The Morgan fingerprint density at radius 3 is 2.41 bits per heavy atom. The third-order valence-corrected chi connectivity index (χ3v) is 7.18. The number of hydrogen-bond acceptors (Lipinski definition) is 6. The number of nitrogens with two attached hydrogens (primary N) is 1. The summed E-state index contributed by atoms with van der Waals surface area (Å²) < 4.78 is 28.5. The number of benzene rings is 2. The molecule has 29 heavy (non-hydrogen) atoms. The van der Waals surface area contributed by atoms with Crippen LogP contribution in [0.25, 0.3) is 11.1 Å². The summed E-state index contributed by atoms with van der Waals surface area (Å²) in [5, 5.41) is 5.48. The van der Waals surface area contributed by atoms with Crippen molar-refractivity contribution in [3.05, 3.63) is 59.8 Å². The zero-order valence-electron chi connectivity index (χ0n) is 16.2. The second kappa shape index (κ2) is 8.32. The van der Waals surface area contributed by atoms with Crippen LogP contribution in [0.3, 0.4) is 0 Å². The Balaban J connectivity index is 1.76. The maximum atomic E-state index is 12.6. The lowest BCUT2D eigenvalue weighted by atomic mass is 10.0. The fourth-order valence-corrected chi connectivity index (χ4v) is 4.79. The van der Waals surface area contributed by atoms with Crippen LogP contribution in [0.5, 0.6) is 5.75 Å². The van der Waals surface area contributed by atoms with Crippen molar-refractivity contribution in [1.82, 2.24) is 4.98 Å². The number of para-hydroxylation sites is 1. The molecule has 0 bridgehead atoms. The van der Waals surface area contributed by atoms with Crippen LogP contribution >= 0.6 is 11.3 Å². The maximum Gasteiger partial charge on any atom is 0.249 e. The van der Waals surface area contributed by atoms with E-state index in [0.29, 0.717) is 5.13 Å². The zero-order valence-corrected chi connectivity index (χ0v) is 17.9. The monoisotopic (exact) mass is 431 g/mol. The SMILES string of the molecule is COc1ccccc1-c1ccc(CC(=O)N(C)c2nc(C)c(S(N)(=O)=O)s2)cc1. The van der Waals surface area contributed by atoms with Gasteiger partial charge in [0, 0.05) is 12.6 Å². The molecule has 3 aromatic rings. The molecule has 0 saturated carbocycles. The first-order chi connectivity index (χ1) is 13.7. The van der Waals surface area contributed by atoms with E-state index in [4.69, 9.17) is 9.88 Å². The van der Waals surface area contributed by atoms with Crippen LogP contribution < -0.4 is 14.8 Å². The van der Waals surface area contributed by atoms with Gasteiger partial charge in [-0.1, -0.05) is 53.8 Å². The van der Waals surface area contributed by atoms with E-state index in [-0.39, 0.29) is 22.2 Å². The molecule has 1 amide bonds. The summed E-state index contributed by atoms with van der Waals surface area (Å²) in [6.45, 7) is 1.55. The van der Waals surface area contributed by atoms with E-state index in [0.717, 1.165) is 33.8 Å². The predicted molar refractivity (Wildman–Crippen MR) is 114 cm³/mol. The molecule has 9 heteroatoms. The summed E-state index contributed by atoms with van der Waals surface area (Å²) in [7, 11) is -0.665. The van der Waals surface area contributed by atoms with Gasteiger partial charge in [0.05, 0.1) is 19.2 Å². The minimum atomic E-state index is -3.86. The van der Waals surface area contributed by atoms with Crippen molar-refractivity contribution in [2.24, 2.45) is 5.14 Å². The van der Waals surface area contributed by atoms with E-state index in [2.05, 4.69) is 4.98 Å². The van der Waals surface area contributed by atoms with Crippen LogP contribution in [0.2, 0.25) is 0 Å². The second-order valence-electron chi connectivity index (χ2n) is 6.44. The van der Waals surface area contributed by atoms with Crippen molar-refractivity contribution in [2.75, 3.05) is 19.1 Å². The third-order valence-electron chi connectivity index (χ3n) is 4.39. The minimum Gasteiger partial charge on any atom is -0.496 e. The van der Waals surface area contributed by atoms with E-state index >= 15 is 0 Å². The quantitative estimate of drug-likeness (QED) is 0.646. The first-order valence-corrected chi connectivity index (χ1v) is 11.1. The summed E-state index contributed by atoms with van der Waals surface area (Å²) in [6, 6.07) is 15.4. The molecule has 0 spiro atoms. The Morgan fingerprint density at radius 2 is 1.83 bits per heavy atom. The molecule has 0 radical (unpaired) electrons. The average Bonchev–Trinajstić information content (AvgIpc) is 3.10. The zero-order chi connectivity index (χ0) is 21.2. The number of aryl methyl sites for hydroxylation is 1. The Labute approximate surface area is 173 Å². The summed E-state index contributed by atoms with van der Waals surface area (Å²) in [4.78, 5) is 18.1. The molecule has 2 aromatic carbocycles. The molecule has 1 heterocycles. The topological polar surface area (TPSA) is 103 Å².